The Morgan fingerprint density at radius 1 is 0.818 bits per heavy atom. The molecule has 0 bridgehead atoms. The summed E-state index contributed by atoms with van der Waals surface area (Å²) < 4.78 is 3.79. The molecule has 3 aromatic rings. The first-order valence-corrected chi connectivity index (χ1v) is 6.98. The van der Waals surface area contributed by atoms with Crippen LogP contribution in [0.4, 0.5) is 11.4 Å². The first-order valence-electron chi connectivity index (χ1n) is 6.98. The third-order valence-corrected chi connectivity index (χ3v) is 3.37. The third-order valence-electron chi connectivity index (χ3n) is 3.37. The molecule has 0 aliphatic rings. The van der Waals surface area contributed by atoms with Crippen molar-refractivity contribution >= 4 is 11.4 Å². The first kappa shape index (κ1) is 14.1. The molecule has 3 rings (SSSR count). The summed E-state index contributed by atoms with van der Waals surface area (Å²) in [5.74, 6) is 0. The van der Waals surface area contributed by atoms with Gasteiger partial charge in [0.2, 0.25) is 0 Å². The minimum Gasteiger partial charge on any atom is -0.378 e. The van der Waals surface area contributed by atoms with Gasteiger partial charge in [-0.05, 0) is 0 Å². The number of hydrogen-bond acceptors (Lipinski definition) is 6. The number of imidazole rings is 2. The van der Waals surface area contributed by atoms with Crippen molar-refractivity contribution in [3.8, 4) is 0 Å². The van der Waals surface area contributed by atoms with E-state index in [1.54, 1.807) is 25.0 Å². The summed E-state index contributed by atoms with van der Waals surface area (Å²) in [4.78, 5) is 31.1. The van der Waals surface area contributed by atoms with Crippen LogP contribution in [0.1, 0.15) is 0 Å². The van der Waals surface area contributed by atoms with Crippen molar-refractivity contribution < 1.29 is 0 Å². The molecule has 0 aliphatic carbocycles. The lowest BCUT2D eigenvalue weighted by Gasteiger charge is -2.15. The van der Waals surface area contributed by atoms with Gasteiger partial charge in [0.05, 0.1) is 12.7 Å². The van der Waals surface area contributed by atoms with E-state index in [4.69, 9.17) is 0 Å². The molecule has 0 spiro atoms. The van der Waals surface area contributed by atoms with Crippen LogP contribution in [0.3, 0.4) is 0 Å². The molecule has 8 heteroatoms. The smallest absolute Gasteiger partial charge is 0.253 e. The predicted octanol–water partition coefficient (Wildman–Crippen LogP) is -0.100. The van der Waals surface area contributed by atoms with Crippen molar-refractivity contribution in [3.63, 3.8) is 0 Å². The third kappa shape index (κ3) is 2.90. The predicted molar refractivity (Wildman–Crippen MR) is 82.8 cm³/mol. The maximum Gasteiger partial charge on any atom is 0.253 e. The van der Waals surface area contributed by atoms with Gasteiger partial charge in [-0.15, -0.1) is 0 Å². The topological polar surface area (TPSA) is 93.8 Å². The van der Waals surface area contributed by atoms with Gasteiger partial charge in [-0.1, -0.05) is 0 Å². The van der Waals surface area contributed by atoms with E-state index < -0.39 is 10.9 Å². The van der Waals surface area contributed by atoms with Gasteiger partial charge in [0.15, 0.2) is 0 Å². The fourth-order valence-electron chi connectivity index (χ4n) is 2.19. The molecule has 0 saturated heterocycles. The standard InChI is InChI=1S/C14H16N6O2/c21-13-11(17-3-7-19-5-1-15-9-19)12(14(13)22)18-4-8-20-6-2-16-10-20/h1-2,5-6,9-10,17-18H,3-4,7-8H2. The molecule has 0 radical (unpaired) electrons. The van der Waals surface area contributed by atoms with E-state index in [2.05, 4.69) is 20.6 Å². The molecule has 0 atom stereocenters. The molecule has 0 saturated carbocycles. The highest BCUT2D eigenvalue weighted by atomic mass is 16.2. The van der Waals surface area contributed by atoms with Crippen LogP contribution in [-0.4, -0.2) is 32.2 Å². The van der Waals surface area contributed by atoms with E-state index >= 15 is 0 Å². The molecule has 8 nitrogen and oxygen atoms in total. The highest BCUT2D eigenvalue weighted by Gasteiger charge is 2.19. The first-order chi connectivity index (χ1) is 10.8. The summed E-state index contributed by atoms with van der Waals surface area (Å²) in [5.41, 5.74) is -0.182. The van der Waals surface area contributed by atoms with E-state index in [0.717, 1.165) is 0 Å². The number of anilines is 2. The molecule has 0 fully saturated rings. The van der Waals surface area contributed by atoms with Crippen LogP contribution in [-0.2, 0) is 13.1 Å². The monoisotopic (exact) mass is 300 g/mol. The Kier molecular flexibility index (Phi) is 3.99. The molecular weight excluding hydrogens is 284 g/mol. The zero-order valence-electron chi connectivity index (χ0n) is 11.9. The van der Waals surface area contributed by atoms with Crippen LogP contribution in [0, 0.1) is 0 Å². The summed E-state index contributed by atoms with van der Waals surface area (Å²) in [6.07, 6.45) is 10.5. The Labute approximate surface area is 126 Å². The summed E-state index contributed by atoms with van der Waals surface area (Å²) in [5, 5.41) is 6.02. The van der Waals surface area contributed by atoms with E-state index in [1.807, 2.05) is 21.5 Å². The van der Waals surface area contributed by atoms with Gasteiger partial charge in [0.1, 0.15) is 11.4 Å². The number of aromatic nitrogens is 4. The normalized spacial score (nSPS) is 10.9. The Hall–Kier alpha value is -2.90. The summed E-state index contributed by atoms with van der Waals surface area (Å²) >= 11 is 0. The van der Waals surface area contributed by atoms with Gasteiger partial charge < -0.3 is 19.8 Å². The number of hydrogen-bond donors (Lipinski definition) is 2. The van der Waals surface area contributed by atoms with Gasteiger partial charge in [-0.3, -0.25) is 9.59 Å². The average molecular weight is 300 g/mol. The van der Waals surface area contributed by atoms with Crippen LogP contribution in [0.25, 0.3) is 0 Å². The summed E-state index contributed by atoms with van der Waals surface area (Å²) in [7, 11) is 0. The van der Waals surface area contributed by atoms with Gasteiger partial charge in [0, 0.05) is 51.0 Å². The Balaban J connectivity index is 1.52. The Morgan fingerprint density at radius 2 is 1.27 bits per heavy atom. The molecular formula is C14H16N6O2. The van der Waals surface area contributed by atoms with Gasteiger partial charge in [0.25, 0.3) is 10.9 Å². The Bertz CT molecular complexity index is 716. The van der Waals surface area contributed by atoms with Crippen LogP contribution in [0.2, 0.25) is 0 Å². The molecule has 2 aromatic heterocycles. The quantitative estimate of drug-likeness (QED) is 0.564. The fourth-order valence-corrected chi connectivity index (χ4v) is 2.19. The molecule has 2 heterocycles. The summed E-state index contributed by atoms with van der Waals surface area (Å²) in [6.45, 7) is 2.45. The molecule has 114 valence electrons. The lowest BCUT2D eigenvalue weighted by atomic mass is 10.2. The van der Waals surface area contributed by atoms with Crippen molar-refractivity contribution in [2.24, 2.45) is 0 Å². The van der Waals surface area contributed by atoms with Crippen LogP contribution >= 0.6 is 0 Å². The maximum atomic E-state index is 11.6. The minimum absolute atomic E-state index is 0.371. The van der Waals surface area contributed by atoms with Crippen LogP contribution < -0.4 is 21.5 Å². The van der Waals surface area contributed by atoms with Gasteiger partial charge in [-0.25, -0.2) is 9.97 Å². The molecule has 0 aliphatic heterocycles. The molecule has 22 heavy (non-hydrogen) atoms. The van der Waals surface area contributed by atoms with E-state index in [0.29, 0.717) is 37.6 Å². The largest absolute Gasteiger partial charge is 0.378 e. The SMILES string of the molecule is O=c1c(NCCn2ccnc2)c(NCCn2ccnc2)c1=O. The molecule has 1 aromatic carbocycles. The summed E-state index contributed by atoms with van der Waals surface area (Å²) in [6, 6.07) is 0. The fraction of sp³-hybridized carbons (Fsp3) is 0.286. The second-order valence-electron chi connectivity index (χ2n) is 4.86. The number of rotatable bonds is 8. The zero-order chi connectivity index (χ0) is 15.4. The molecule has 0 unspecified atom stereocenters. The maximum absolute atomic E-state index is 11.6. The second-order valence-corrected chi connectivity index (χ2v) is 4.86. The van der Waals surface area contributed by atoms with Crippen LogP contribution in [0.5, 0.6) is 0 Å². The molecule has 0 amide bonds. The van der Waals surface area contributed by atoms with Gasteiger partial charge in [-0.2, -0.15) is 0 Å². The minimum atomic E-state index is -0.462. The van der Waals surface area contributed by atoms with E-state index in [1.165, 1.54) is 0 Å². The van der Waals surface area contributed by atoms with Crippen molar-refractivity contribution in [3.05, 3.63) is 57.9 Å². The van der Waals surface area contributed by atoms with Crippen molar-refractivity contribution in [1.82, 2.24) is 19.1 Å². The lowest BCUT2D eigenvalue weighted by Crippen LogP contribution is -2.38. The van der Waals surface area contributed by atoms with Crippen molar-refractivity contribution in [2.75, 3.05) is 23.7 Å². The number of nitrogens with zero attached hydrogens (tertiary/aromatic N) is 4. The van der Waals surface area contributed by atoms with Crippen molar-refractivity contribution in [2.45, 2.75) is 13.1 Å². The number of nitrogens with one attached hydrogen (secondary N) is 2. The Morgan fingerprint density at radius 3 is 1.64 bits per heavy atom. The second kappa shape index (κ2) is 6.25. The van der Waals surface area contributed by atoms with Crippen molar-refractivity contribution in [1.29, 1.82) is 0 Å². The zero-order valence-corrected chi connectivity index (χ0v) is 11.9. The highest BCUT2D eigenvalue weighted by Crippen LogP contribution is 2.13. The van der Waals surface area contributed by atoms with E-state index in [-0.39, 0.29) is 0 Å². The lowest BCUT2D eigenvalue weighted by molar-refractivity contribution is 0.721. The average Bonchev–Trinajstić information content (AvgIpc) is 3.22. The van der Waals surface area contributed by atoms with Gasteiger partial charge >= 0.3 is 0 Å². The highest BCUT2D eigenvalue weighted by molar-refractivity contribution is 5.73. The molecule has 2 N–H and O–H groups in total. The van der Waals surface area contributed by atoms with Crippen LogP contribution in [0.15, 0.2) is 47.0 Å². The van der Waals surface area contributed by atoms with E-state index in [9.17, 15) is 9.59 Å².